The summed E-state index contributed by atoms with van der Waals surface area (Å²) in [4.78, 5) is 0. The molecule has 2 aliphatic rings. The normalized spacial score (nSPS) is 32.5. The number of halogens is 3. The zero-order chi connectivity index (χ0) is 15.7. The van der Waals surface area contributed by atoms with Gasteiger partial charge in [-0.25, -0.2) is 12.7 Å². The highest BCUT2D eigenvalue weighted by Crippen LogP contribution is 2.37. The van der Waals surface area contributed by atoms with Gasteiger partial charge in [0.15, 0.2) is 0 Å². The lowest BCUT2D eigenvalue weighted by Gasteiger charge is -2.31. The molecule has 2 fully saturated rings. The van der Waals surface area contributed by atoms with Crippen LogP contribution in [-0.4, -0.2) is 50.8 Å². The third kappa shape index (κ3) is 4.82. The summed E-state index contributed by atoms with van der Waals surface area (Å²) in [5.41, 5.74) is 0. The molecule has 1 N–H and O–H groups in total. The van der Waals surface area contributed by atoms with Crippen LogP contribution in [0.3, 0.4) is 0 Å². The Morgan fingerprint density at radius 3 is 2.52 bits per heavy atom. The molecule has 2 rings (SSSR count). The van der Waals surface area contributed by atoms with Crippen molar-refractivity contribution < 1.29 is 21.6 Å². The Labute approximate surface area is 124 Å². The van der Waals surface area contributed by atoms with E-state index in [2.05, 4.69) is 5.32 Å². The van der Waals surface area contributed by atoms with Crippen molar-refractivity contribution in [2.24, 2.45) is 11.8 Å². The first-order valence-corrected chi connectivity index (χ1v) is 9.26. The molecule has 0 amide bonds. The highest BCUT2D eigenvalue weighted by atomic mass is 32.2. The van der Waals surface area contributed by atoms with E-state index >= 15 is 0 Å². The van der Waals surface area contributed by atoms with Crippen LogP contribution in [0.2, 0.25) is 0 Å². The molecule has 3 atom stereocenters. The largest absolute Gasteiger partial charge is 0.391 e. The van der Waals surface area contributed by atoms with E-state index in [0.29, 0.717) is 26.1 Å². The Balaban J connectivity index is 1.76. The van der Waals surface area contributed by atoms with Gasteiger partial charge >= 0.3 is 6.18 Å². The smallest absolute Gasteiger partial charge is 0.314 e. The summed E-state index contributed by atoms with van der Waals surface area (Å²) in [5, 5.41) is 3.22. The topological polar surface area (TPSA) is 49.4 Å². The average Bonchev–Trinajstić information content (AvgIpc) is 2.84. The SMILES string of the molecule is CS(=O)(=O)N1CCC(CNC2CCCC(C(F)(F)F)C2)C1. The van der Waals surface area contributed by atoms with Crippen LogP contribution in [0.15, 0.2) is 0 Å². The molecule has 4 nitrogen and oxygen atoms in total. The highest BCUT2D eigenvalue weighted by molar-refractivity contribution is 7.88. The summed E-state index contributed by atoms with van der Waals surface area (Å²) in [7, 11) is -3.15. The Morgan fingerprint density at radius 1 is 1.24 bits per heavy atom. The van der Waals surface area contributed by atoms with Crippen molar-refractivity contribution in [1.29, 1.82) is 0 Å². The number of rotatable bonds is 4. The minimum atomic E-state index is -4.10. The zero-order valence-electron chi connectivity index (χ0n) is 12.2. The van der Waals surface area contributed by atoms with Crippen molar-refractivity contribution in [3.05, 3.63) is 0 Å². The zero-order valence-corrected chi connectivity index (χ0v) is 13.0. The molecule has 1 aliphatic carbocycles. The van der Waals surface area contributed by atoms with Gasteiger partial charge in [0.2, 0.25) is 10.0 Å². The van der Waals surface area contributed by atoms with Gasteiger partial charge in [-0.1, -0.05) is 6.42 Å². The average molecular weight is 328 g/mol. The van der Waals surface area contributed by atoms with Crippen molar-refractivity contribution in [2.45, 2.75) is 44.3 Å². The molecule has 1 aliphatic heterocycles. The van der Waals surface area contributed by atoms with Crippen LogP contribution in [0.25, 0.3) is 0 Å². The van der Waals surface area contributed by atoms with Crippen LogP contribution in [-0.2, 0) is 10.0 Å². The number of sulfonamides is 1. The van der Waals surface area contributed by atoms with Crippen LogP contribution in [0, 0.1) is 11.8 Å². The van der Waals surface area contributed by atoms with Crippen molar-refractivity contribution in [1.82, 2.24) is 9.62 Å². The van der Waals surface area contributed by atoms with Gasteiger partial charge in [0.25, 0.3) is 0 Å². The monoisotopic (exact) mass is 328 g/mol. The van der Waals surface area contributed by atoms with E-state index in [1.165, 1.54) is 10.6 Å². The summed E-state index contributed by atoms with van der Waals surface area (Å²) in [6.07, 6.45) is -0.385. The van der Waals surface area contributed by atoms with Crippen LogP contribution in [0.5, 0.6) is 0 Å². The molecule has 21 heavy (non-hydrogen) atoms. The van der Waals surface area contributed by atoms with Crippen molar-refractivity contribution in [2.75, 3.05) is 25.9 Å². The molecule has 124 valence electrons. The molecule has 8 heteroatoms. The van der Waals surface area contributed by atoms with Crippen LogP contribution in [0.4, 0.5) is 13.2 Å². The predicted molar refractivity (Wildman–Crippen MR) is 74.3 cm³/mol. The summed E-state index contributed by atoms with van der Waals surface area (Å²) < 4.78 is 62.5. The second kappa shape index (κ2) is 6.42. The maximum absolute atomic E-state index is 12.7. The third-order valence-corrected chi connectivity index (χ3v) is 5.82. The first kappa shape index (κ1) is 17.0. The molecule has 0 aromatic carbocycles. The summed E-state index contributed by atoms with van der Waals surface area (Å²) in [6, 6.07) is -0.0994. The molecule has 0 aromatic heterocycles. The molecular formula is C13H23F3N2O2S. The molecule has 1 heterocycles. The van der Waals surface area contributed by atoms with E-state index in [1.807, 2.05) is 0 Å². The number of nitrogens with one attached hydrogen (secondary N) is 1. The molecule has 1 saturated heterocycles. The van der Waals surface area contributed by atoms with Gasteiger partial charge in [-0.3, -0.25) is 0 Å². The predicted octanol–water partition coefficient (Wildman–Crippen LogP) is 1.98. The minimum absolute atomic E-state index is 0.0994. The molecule has 3 unspecified atom stereocenters. The van der Waals surface area contributed by atoms with Gasteiger partial charge in [0.1, 0.15) is 0 Å². The van der Waals surface area contributed by atoms with Gasteiger partial charge in [-0.15, -0.1) is 0 Å². The van der Waals surface area contributed by atoms with Crippen LogP contribution >= 0.6 is 0 Å². The Hall–Kier alpha value is -0.340. The van der Waals surface area contributed by atoms with Gasteiger partial charge in [0.05, 0.1) is 12.2 Å². The minimum Gasteiger partial charge on any atom is -0.314 e. The standard InChI is InChI=1S/C13H23F3N2O2S/c1-21(19,20)18-6-5-10(9-18)8-17-12-4-2-3-11(7-12)13(14,15)16/h10-12,17H,2-9H2,1H3. The Kier molecular flexibility index (Phi) is 5.20. The first-order chi connectivity index (χ1) is 9.66. The fourth-order valence-electron chi connectivity index (χ4n) is 3.27. The fourth-order valence-corrected chi connectivity index (χ4v) is 4.19. The second-order valence-electron chi connectivity index (χ2n) is 6.29. The van der Waals surface area contributed by atoms with Crippen molar-refractivity contribution in [3.8, 4) is 0 Å². The van der Waals surface area contributed by atoms with E-state index in [-0.39, 0.29) is 24.8 Å². The number of hydrogen-bond donors (Lipinski definition) is 1. The van der Waals surface area contributed by atoms with Crippen LogP contribution in [0.1, 0.15) is 32.1 Å². The summed E-state index contributed by atoms with van der Waals surface area (Å²) >= 11 is 0. The van der Waals surface area contributed by atoms with E-state index in [1.54, 1.807) is 0 Å². The van der Waals surface area contributed by atoms with E-state index < -0.39 is 22.1 Å². The van der Waals surface area contributed by atoms with E-state index in [0.717, 1.165) is 12.8 Å². The fraction of sp³-hybridized carbons (Fsp3) is 1.00. The lowest BCUT2D eigenvalue weighted by Crippen LogP contribution is -2.41. The molecule has 1 saturated carbocycles. The number of nitrogens with zero attached hydrogens (tertiary/aromatic N) is 1. The second-order valence-corrected chi connectivity index (χ2v) is 8.27. The molecule has 0 spiro atoms. The summed E-state index contributed by atoms with van der Waals surface area (Å²) in [5.74, 6) is -0.995. The molecule has 0 aromatic rings. The first-order valence-electron chi connectivity index (χ1n) is 7.41. The summed E-state index contributed by atoms with van der Waals surface area (Å²) in [6.45, 7) is 1.59. The molecule has 0 bridgehead atoms. The quantitative estimate of drug-likeness (QED) is 0.858. The van der Waals surface area contributed by atoms with E-state index in [9.17, 15) is 21.6 Å². The van der Waals surface area contributed by atoms with Gasteiger partial charge in [-0.2, -0.15) is 13.2 Å². The Bertz CT molecular complexity index is 453. The lowest BCUT2D eigenvalue weighted by atomic mass is 9.85. The molecule has 0 radical (unpaired) electrons. The van der Waals surface area contributed by atoms with Crippen LogP contribution < -0.4 is 5.32 Å². The maximum atomic E-state index is 12.7. The molecular weight excluding hydrogens is 305 g/mol. The van der Waals surface area contributed by atoms with E-state index in [4.69, 9.17) is 0 Å². The Morgan fingerprint density at radius 2 is 1.95 bits per heavy atom. The van der Waals surface area contributed by atoms with Crippen molar-refractivity contribution >= 4 is 10.0 Å². The van der Waals surface area contributed by atoms with Crippen molar-refractivity contribution in [3.63, 3.8) is 0 Å². The van der Waals surface area contributed by atoms with Gasteiger partial charge < -0.3 is 5.32 Å². The maximum Gasteiger partial charge on any atom is 0.391 e. The highest BCUT2D eigenvalue weighted by Gasteiger charge is 2.42. The van der Waals surface area contributed by atoms with Gasteiger partial charge in [0, 0.05) is 19.1 Å². The number of alkyl halides is 3. The lowest BCUT2D eigenvalue weighted by molar-refractivity contribution is -0.183. The third-order valence-electron chi connectivity index (χ3n) is 4.55. The number of hydrogen-bond acceptors (Lipinski definition) is 3. The van der Waals surface area contributed by atoms with Gasteiger partial charge in [-0.05, 0) is 38.1 Å².